The number of nitrogens with zero attached hydrogens (tertiary/aromatic N) is 1. The van der Waals surface area contributed by atoms with E-state index in [1.807, 2.05) is 0 Å². The Morgan fingerprint density at radius 2 is 2.21 bits per heavy atom. The lowest BCUT2D eigenvalue weighted by Gasteiger charge is -2.19. The number of aryl methyl sites for hydroxylation is 1. The van der Waals surface area contributed by atoms with E-state index < -0.39 is 0 Å². The van der Waals surface area contributed by atoms with Gasteiger partial charge in [-0.25, -0.2) is 5.84 Å². The second-order valence-electron chi connectivity index (χ2n) is 5.50. The van der Waals surface area contributed by atoms with Crippen molar-refractivity contribution in [3.63, 3.8) is 0 Å². The van der Waals surface area contributed by atoms with Gasteiger partial charge in [-0.3, -0.25) is 15.1 Å². The molecule has 0 atom stereocenters. The molecule has 106 valence electrons. The third-order valence-electron chi connectivity index (χ3n) is 3.81. The van der Waals surface area contributed by atoms with Crippen LogP contribution >= 0.6 is 0 Å². The SMILES string of the molecule is Cc1oc(CN(C)CC2CCCC2)cc1C(=O)NN. The number of hydrogen-bond acceptors (Lipinski definition) is 4. The molecule has 1 aliphatic carbocycles. The highest BCUT2D eigenvalue weighted by atomic mass is 16.3. The van der Waals surface area contributed by atoms with E-state index in [0.717, 1.165) is 24.8 Å². The molecule has 1 amide bonds. The molecule has 0 radical (unpaired) electrons. The van der Waals surface area contributed by atoms with E-state index >= 15 is 0 Å². The number of nitrogen functional groups attached to an aromatic ring is 1. The van der Waals surface area contributed by atoms with Gasteiger partial charge in [0.1, 0.15) is 11.5 Å². The summed E-state index contributed by atoms with van der Waals surface area (Å²) in [6.07, 6.45) is 5.39. The molecule has 3 N–H and O–H groups in total. The molecule has 1 heterocycles. The van der Waals surface area contributed by atoms with Gasteiger partial charge in [-0.15, -0.1) is 0 Å². The van der Waals surface area contributed by atoms with E-state index in [4.69, 9.17) is 10.3 Å². The van der Waals surface area contributed by atoms with Gasteiger partial charge in [-0.1, -0.05) is 12.8 Å². The Labute approximate surface area is 114 Å². The first-order valence-corrected chi connectivity index (χ1v) is 6.89. The summed E-state index contributed by atoms with van der Waals surface area (Å²) in [6.45, 7) is 3.61. The molecule has 0 aliphatic heterocycles. The molecule has 1 aliphatic rings. The first-order chi connectivity index (χ1) is 9.10. The molecule has 1 saturated carbocycles. The van der Waals surface area contributed by atoms with Crippen molar-refractivity contribution >= 4 is 5.91 Å². The number of furan rings is 1. The number of nitrogens with two attached hydrogens (primary N) is 1. The molecular formula is C14H23N3O2. The lowest BCUT2D eigenvalue weighted by Crippen LogP contribution is -2.30. The van der Waals surface area contributed by atoms with Crippen LogP contribution in [0, 0.1) is 12.8 Å². The second-order valence-corrected chi connectivity index (χ2v) is 5.50. The van der Waals surface area contributed by atoms with Gasteiger partial charge in [0.2, 0.25) is 0 Å². The number of nitrogens with one attached hydrogen (secondary N) is 1. The molecule has 5 nitrogen and oxygen atoms in total. The number of hydrogen-bond donors (Lipinski definition) is 2. The number of amides is 1. The van der Waals surface area contributed by atoms with Gasteiger partial charge < -0.3 is 4.42 Å². The first kappa shape index (κ1) is 14.1. The van der Waals surface area contributed by atoms with Crippen LogP contribution in [0.15, 0.2) is 10.5 Å². The Balaban J connectivity index is 1.93. The number of hydrazine groups is 1. The third kappa shape index (κ3) is 3.58. The largest absolute Gasteiger partial charge is 0.464 e. The fraction of sp³-hybridized carbons (Fsp3) is 0.643. The fourth-order valence-electron chi connectivity index (χ4n) is 2.89. The highest BCUT2D eigenvalue weighted by Gasteiger charge is 2.19. The van der Waals surface area contributed by atoms with Crippen molar-refractivity contribution in [2.45, 2.75) is 39.2 Å². The minimum Gasteiger partial charge on any atom is -0.464 e. The molecule has 19 heavy (non-hydrogen) atoms. The Morgan fingerprint density at radius 3 is 2.84 bits per heavy atom. The summed E-state index contributed by atoms with van der Waals surface area (Å²) in [4.78, 5) is 13.8. The molecule has 1 aromatic rings. The number of carbonyl (C=O) groups is 1. The average molecular weight is 265 g/mol. The highest BCUT2D eigenvalue weighted by Crippen LogP contribution is 2.25. The van der Waals surface area contributed by atoms with Gasteiger partial charge in [0.25, 0.3) is 5.91 Å². The standard InChI is InChI=1S/C14H23N3O2/c1-10-13(14(18)16-15)7-12(19-10)9-17(2)8-11-5-3-4-6-11/h7,11H,3-6,8-9,15H2,1-2H3,(H,16,18). The van der Waals surface area contributed by atoms with Crippen LogP contribution in [0.5, 0.6) is 0 Å². The van der Waals surface area contributed by atoms with E-state index in [1.165, 1.54) is 25.7 Å². The number of rotatable bonds is 5. The van der Waals surface area contributed by atoms with Gasteiger partial charge in [0.05, 0.1) is 12.1 Å². The summed E-state index contributed by atoms with van der Waals surface area (Å²) >= 11 is 0. The normalized spacial score (nSPS) is 16.2. The smallest absolute Gasteiger partial charge is 0.268 e. The summed E-state index contributed by atoms with van der Waals surface area (Å²) in [6, 6.07) is 1.78. The predicted molar refractivity (Wildman–Crippen MR) is 73.4 cm³/mol. The first-order valence-electron chi connectivity index (χ1n) is 6.89. The summed E-state index contributed by atoms with van der Waals surface area (Å²) < 4.78 is 5.61. The minimum absolute atomic E-state index is 0.300. The van der Waals surface area contributed by atoms with Gasteiger partial charge in [-0.2, -0.15) is 0 Å². The van der Waals surface area contributed by atoms with Crippen LogP contribution in [0.3, 0.4) is 0 Å². The van der Waals surface area contributed by atoms with Crippen LogP contribution in [0.1, 0.15) is 47.6 Å². The Hall–Kier alpha value is -1.33. The van der Waals surface area contributed by atoms with Crippen molar-refractivity contribution < 1.29 is 9.21 Å². The molecule has 0 aromatic carbocycles. The van der Waals surface area contributed by atoms with Crippen molar-refractivity contribution in [2.24, 2.45) is 11.8 Å². The van der Waals surface area contributed by atoms with Gasteiger partial charge in [0.15, 0.2) is 0 Å². The third-order valence-corrected chi connectivity index (χ3v) is 3.81. The van der Waals surface area contributed by atoms with Gasteiger partial charge >= 0.3 is 0 Å². The summed E-state index contributed by atoms with van der Waals surface area (Å²) in [7, 11) is 2.10. The second kappa shape index (κ2) is 6.21. The zero-order chi connectivity index (χ0) is 13.8. The lowest BCUT2D eigenvalue weighted by atomic mass is 10.1. The molecule has 0 bridgehead atoms. The van der Waals surface area contributed by atoms with E-state index in [2.05, 4.69) is 17.4 Å². The van der Waals surface area contributed by atoms with E-state index in [1.54, 1.807) is 13.0 Å². The Morgan fingerprint density at radius 1 is 1.53 bits per heavy atom. The van der Waals surface area contributed by atoms with Crippen LogP contribution in [-0.2, 0) is 6.54 Å². The molecule has 1 aromatic heterocycles. The van der Waals surface area contributed by atoms with Crippen LogP contribution in [0.2, 0.25) is 0 Å². The van der Waals surface area contributed by atoms with E-state index in [0.29, 0.717) is 11.3 Å². The maximum absolute atomic E-state index is 11.5. The summed E-state index contributed by atoms with van der Waals surface area (Å²) in [5.74, 6) is 7.09. The van der Waals surface area contributed by atoms with Gasteiger partial charge in [-0.05, 0) is 38.8 Å². The fourth-order valence-corrected chi connectivity index (χ4v) is 2.89. The van der Waals surface area contributed by atoms with Crippen molar-refractivity contribution in [1.82, 2.24) is 10.3 Å². The predicted octanol–water partition coefficient (Wildman–Crippen LogP) is 1.81. The molecule has 0 unspecified atom stereocenters. The molecule has 0 spiro atoms. The van der Waals surface area contributed by atoms with E-state index in [9.17, 15) is 4.79 Å². The summed E-state index contributed by atoms with van der Waals surface area (Å²) in [5.41, 5.74) is 2.66. The Kier molecular flexibility index (Phi) is 4.61. The van der Waals surface area contributed by atoms with Crippen LogP contribution in [0.25, 0.3) is 0 Å². The topological polar surface area (TPSA) is 71.5 Å². The monoisotopic (exact) mass is 265 g/mol. The van der Waals surface area contributed by atoms with Crippen molar-refractivity contribution in [2.75, 3.05) is 13.6 Å². The summed E-state index contributed by atoms with van der Waals surface area (Å²) in [5, 5.41) is 0. The van der Waals surface area contributed by atoms with Crippen molar-refractivity contribution in [1.29, 1.82) is 0 Å². The van der Waals surface area contributed by atoms with Crippen LogP contribution in [0.4, 0.5) is 0 Å². The molecule has 0 saturated heterocycles. The molecule has 1 fully saturated rings. The quantitative estimate of drug-likeness (QED) is 0.484. The molecular weight excluding hydrogens is 242 g/mol. The van der Waals surface area contributed by atoms with Crippen LogP contribution < -0.4 is 11.3 Å². The highest BCUT2D eigenvalue weighted by molar-refractivity contribution is 5.94. The molecule has 5 heteroatoms. The lowest BCUT2D eigenvalue weighted by molar-refractivity contribution is 0.0952. The number of carbonyl (C=O) groups excluding carboxylic acids is 1. The molecule has 2 rings (SSSR count). The Bertz CT molecular complexity index is 436. The van der Waals surface area contributed by atoms with E-state index in [-0.39, 0.29) is 5.91 Å². The van der Waals surface area contributed by atoms with Crippen molar-refractivity contribution in [3.8, 4) is 0 Å². The zero-order valence-electron chi connectivity index (χ0n) is 11.7. The maximum Gasteiger partial charge on any atom is 0.268 e. The maximum atomic E-state index is 11.5. The minimum atomic E-state index is -0.300. The van der Waals surface area contributed by atoms with Crippen LogP contribution in [-0.4, -0.2) is 24.4 Å². The van der Waals surface area contributed by atoms with Crippen molar-refractivity contribution in [3.05, 3.63) is 23.2 Å². The average Bonchev–Trinajstić information content (AvgIpc) is 2.98. The zero-order valence-corrected chi connectivity index (χ0v) is 11.7. The van der Waals surface area contributed by atoms with Gasteiger partial charge in [0, 0.05) is 6.54 Å².